The molecular formula is C22H34N2O4. The summed E-state index contributed by atoms with van der Waals surface area (Å²) in [6, 6.07) is 8.75. The number of benzene rings is 1. The Labute approximate surface area is 168 Å². The summed E-state index contributed by atoms with van der Waals surface area (Å²) in [6.07, 6.45) is 6.25. The molecule has 156 valence electrons. The molecule has 0 amide bonds. The molecule has 1 saturated carbocycles. The van der Waals surface area contributed by atoms with Crippen LogP contribution >= 0.6 is 0 Å². The van der Waals surface area contributed by atoms with Crippen LogP contribution in [0.3, 0.4) is 0 Å². The molecule has 1 aliphatic heterocycles. The number of rotatable bonds is 9. The van der Waals surface area contributed by atoms with Crippen molar-refractivity contribution in [1.29, 1.82) is 0 Å². The van der Waals surface area contributed by atoms with Gasteiger partial charge >= 0.3 is 5.97 Å². The first-order valence-electron chi connectivity index (χ1n) is 10.6. The van der Waals surface area contributed by atoms with Gasteiger partial charge in [-0.15, -0.1) is 0 Å². The van der Waals surface area contributed by atoms with Crippen molar-refractivity contribution in [3.8, 4) is 5.75 Å². The van der Waals surface area contributed by atoms with E-state index in [9.17, 15) is 9.90 Å². The van der Waals surface area contributed by atoms with Gasteiger partial charge < -0.3 is 24.8 Å². The maximum Gasteiger partial charge on any atom is 0.308 e. The van der Waals surface area contributed by atoms with Gasteiger partial charge in [-0.3, -0.25) is 4.79 Å². The lowest BCUT2D eigenvalue weighted by molar-refractivity contribution is -0.147. The van der Waals surface area contributed by atoms with Crippen LogP contribution in [0.2, 0.25) is 0 Å². The van der Waals surface area contributed by atoms with Gasteiger partial charge in [0.1, 0.15) is 18.5 Å². The van der Waals surface area contributed by atoms with Crippen LogP contribution < -0.4 is 10.1 Å². The highest BCUT2D eigenvalue weighted by atomic mass is 16.5. The number of nitrogens with zero attached hydrogens (tertiary/aromatic N) is 1. The van der Waals surface area contributed by atoms with Crippen LogP contribution in [0.4, 0.5) is 0 Å². The Morgan fingerprint density at radius 1 is 1.25 bits per heavy atom. The lowest BCUT2D eigenvalue weighted by Crippen LogP contribution is -2.42. The number of hydrogen-bond donors (Lipinski definition) is 2. The number of ether oxygens (including phenoxy) is 2. The Bertz CT molecular complexity index is 610. The van der Waals surface area contributed by atoms with Crippen LogP contribution in [-0.4, -0.2) is 61.5 Å². The second-order valence-corrected chi connectivity index (χ2v) is 8.07. The van der Waals surface area contributed by atoms with Gasteiger partial charge in [0.15, 0.2) is 0 Å². The molecule has 0 aromatic heterocycles. The van der Waals surface area contributed by atoms with E-state index in [1.807, 2.05) is 12.1 Å². The molecule has 3 rings (SSSR count). The summed E-state index contributed by atoms with van der Waals surface area (Å²) in [5.41, 5.74) is 1.21. The predicted molar refractivity (Wildman–Crippen MR) is 108 cm³/mol. The van der Waals surface area contributed by atoms with E-state index >= 15 is 0 Å². The number of piperidine rings is 1. The molecule has 2 aliphatic rings. The van der Waals surface area contributed by atoms with Crippen LogP contribution in [0.15, 0.2) is 24.3 Å². The number of aliphatic hydroxyl groups excluding tert-OH is 1. The number of aliphatic hydroxyl groups is 1. The lowest BCUT2D eigenvalue weighted by Gasteiger charge is -2.31. The van der Waals surface area contributed by atoms with Gasteiger partial charge in [-0.25, -0.2) is 0 Å². The molecule has 1 heterocycles. The third kappa shape index (κ3) is 6.47. The number of carbonyl (C=O) groups excluding carboxylic acids is 1. The van der Waals surface area contributed by atoms with Crippen LogP contribution in [0.1, 0.15) is 44.1 Å². The van der Waals surface area contributed by atoms with Gasteiger partial charge in [0, 0.05) is 19.1 Å². The average Bonchev–Trinajstić information content (AvgIpc) is 3.25. The molecule has 1 aliphatic carbocycles. The highest BCUT2D eigenvalue weighted by molar-refractivity contribution is 5.72. The van der Waals surface area contributed by atoms with Crippen LogP contribution in [0.5, 0.6) is 5.75 Å². The fraction of sp³-hybridized carbons (Fsp3) is 0.682. The smallest absolute Gasteiger partial charge is 0.308 e. The van der Waals surface area contributed by atoms with Crippen molar-refractivity contribution in [3.63, 3.8) is 0 Å². The van der Waals surface area contributed by atoms with E-state index in [0.717, 1.165) is 38.2 Å². The maximum absolute atomic E-state index is 11.6. The van der Waals surface area contributed by atoms with E-state index < -0.39 is 6.10 Å². The number of methoxy groups -OCH3 is 1. The first-order chi connectivity index (χ1) is 13.6. The second kappa shape index (κ2) is 10.8. The molecule has 0 radical (unpaired) electrons. The Kier molecular flexibility index (Phi) is 8.13. The van der Waals surface area contributed by atoms with Crippen LogP contribution in [-0.2, 0) is 16.1 Å². The number of hydrogen-bond acceptors (Lipinski definition) is 6. The Morgan fingerprint density at radius 3 is 2.71 bits per heavy atom. The maximum atomic E-state index is 11.6. The first kappa shape index (κ1) is 21.1. The third-order valence-corrected chi connectivity index (χ3v) is 5.88. The third-order valence-electron chi connectivity index (χ3n) is 5.88. The molecule has 6 nitrogen and oxygen atoms in total. The van der Waals surface area contributed by atoms with Crippen molar-refractivity contribution >= 4 is 5.97 Å². The molecule has 28 heavy (non-hydrogen) atoms. The van der Waals surface area contributed by atoms with E-state index in [1.54, 1.807) is 0 Å². The van der Waals surface area contributed by atoms with E-state index in [1.165, 1.54) is 38.4 Å². The van der Waals surface area contributed by atoms with Crippen molar-refractivity contribution in [1.82, 2.24) is 10.2 Å². The van der Waals surface area contributed by atoms with Gasteiger partial charge in [-0.2, -0.15) is 0 Å². The largest absolute Gasteiger partial charge is 0.491 e. The van der Waals surface area contributed by atoms with Gasteiger partial charge in [0.2, 0.25) is 0 Å². The van der Waals surface area contributed by atoms with E-state index in [4.69, 9.17) is 9.47 Å². The molecule has 1 atom stereocenters. The predicted octanol–water partition coefficient (Wildman–Crippen LogP) is 2.34. The van der Waals surface area contributed by atoms with Crippen molar-refractivity contribution in [3.05, 3.63) is 29.8 Å². The molecule has 0 bridgehead atoms. The SMILES string of the molecule is COC(=O)C1CCN(C[C@H](O)COc2cccc(CNC3CCCC3)c2)CC1. The zero-order valence-corrected chi connectivity index (χ0v) is 16.9. The molecule has 0 spiro atoms. The standard InChI is InChI=1S/C22H34N2O4/c1-27-22(26)18-9-11-24(12-10-18)15-20(25)16-28-21-8-4-5-17(13-21)14-23-19-6-2-3-7-19/h4-5,8,13,18-20,23,25H,2-3,6-7,9-12,14-16H2,1H3/t20-/m0/s1. The molecule has 6 heteroatoms. The molecular weight excluding hydrogens is 356 g/mol. The Balaban J connectivity index is 1.36. The topological polar surface area (TPSA) is 71.0 Å². The number of likely N-dealkylation sites (tertiary alicyclic amines) is 1. The number of nitrogens with one attached hydrogen (secondary N) is 1. The van der Waals surface area contributed by atoms with Crippen LogP contribution in [0.25, 0.3) is 0 Å². The van der Waals surface area contributed by atoms with Crippen LogP contribution in [0, 0.1) is 5.92 Å². The Morgan fingerprint density at radius 2 is 2.00 bits per heavy atom. The molecule has 2 N–H and O–H groups in total. The molecule has 2 fully saturated rings. The Hall–Kier alpha value is -1.63. The highest BCUT2D eigenvalue weighted by Crippen LogP contribution is 2.20. The van der Waals surface area contributed by atoms with E-state index in [0.29, 0.717) is 12.6 Å². The van der Waals surface area contributed by atoms with Gasteiger partial charge in [-0.05, 0) is 56.5 Å². The first-order valence-corrected chi connectivity index (χ1v) is 10.6. The van der Waals surface area contributed by atoms with E-state index in [-0.39, 0.29) is 18.5 Å². The van der Waals surface area contributed by atoms with Crippen molar-refractivity contribution in [2.45, 2.75) is 57.2 Å². The quantitative estimate of drug-likeness (QED) is 0.631. The number of esters is 1. The summed E-state index contributed by atoms with van der Waals surface area (Å²) in [5, 5.41) is 13.9. The summed E-state index contributed by atoms with van der Waals surface area (Å²) in [6.45, 7) is 3.31. The van der Waals surface area contributed by atoms with E-state index in [2.05, 4.69) is 22.3 Å². The molecule has 1 aromatic rings. The molecule has 0 unspecified atom stereocenters. The number of β-amino-alcohol motifs (C(OH)–C–C–N with tert-alkyl or cyclic N) is 1. The summed E-state index contributed by atoms with van der Waals surface area (Å²) in [4.78, 5) is 13.8. The highest BCUT2D eigenvalue weighted by Gasteiger charge is 2.26. The molecule has 1 aromatic carbocycles. The minimum atomic E-state index is -0.546. The van der Waals surface area contributed by atoms with Crippen molar-refractivity contribution in [2.75, 3.05) is 33.4 Å². The van der Waals surface area contributed by atoms with Crippen molar-refractivity contribution in [2.24, 2.45) is 5.92 Å². The fourth-order valence-electron chi connectivity index (χ4n) is 4.20. The van der Waals surface area contributed by atoms with Crippen molar-refractivity contribution < 1.29 is 19.4 Å². The average molecular weight is 391 g/mol. The van der Waals surface area contributed by atoms with Gasteiger partial charge in [0.25, 0.3) is 0 Å². The monoisotopic (exact) mass is 390 g/mol. The summed E-state index contributed by atoms with van der Waals surface area (Å²) < 4.78 is 10.6. The lowest BCUT2D eigenvalue weighted by atomic mass is 9.97. The summed E-state index contributed by atoms with van der Waals surface area (Å²) >= 11 is 0. The number of carbonyl (C=O) groups is 1. The fourth-order valence-corrected chi connectivity index (χ4v) is 4.20. The molecule has 1 saturated heterocycles. The second-order valence-electron chi connectivity index (χ2n) is 8.07. The van der Waals surface area contributed by atoms with Gasteiger partial charge in [0.05, 0.1) is 13.0 Å². The van der Waals surface area contributed by atoms with Gasteiger partial charge in [-0.1, -0.05) is 25.0 Å². The summed E-state index contributed by atoms with van der Waals surface area (Å²) in [5.74, 6) is 0.676. The minimum absolute atomic E-state index is 0.00442. The zero-order chi connectivity index (χ0) is 19.8. The summed E-state index contributed by atoms with van der Waals surface area (Å²) in [7, 11) is 1.44. The zero-order valence-electron chi connectivity index (χ0n) is 16.9. The minimum Gasteiger partial charge on any atom is -0.491 e. The normalized spacial score (nSPS) is 20.2.